The van der Waals surface area contributed by atoms with Gasteiger partial charge in [-0.3, -0.25) is 0 Å². The van der Waals surface area contributed by atoms with Crippen LogP contribution in [0.5, 0.6) is 0 Å². The molecule has 0 unspecified atom stereocenters. The summed E-state index contributed by atoms with van der Waals surface area (Å²) in [4.78, 5) is 0. The van der Waals surface area contributed by atoms with Gasteiger partial charge in [0.1, 0.15) is 0 Å². The fourth-order valence-electron chi connectivity index (χ4n) is 1.61. The largest absolute Gasteiger partial charge is 0.0843 e. The van der Waals surface area contributed by atoms with Crippen molar-refractivity contribution in [3.8, 4) is 0 Å². The van der Waals surface area contributed by atoms with Gasteiger partial charge >= 0.3 is 0 Å². The normalized spacial score (nSPS) is 11.9. The van der Waals surface area contributed by atoms with Crippen LogP contribution in [0.2, 0.25) is 10.0 Å². The highest BCUT2D eigenvalue weighted by atomic mass is 35.5. The van der Waals surface area contributed by atoms with E-state index in [9.17, 15) is 0 Å². The first-order valence-corrected chi connectivity index (χ1v) is 7.02. The molecule has 0 heterocycles. The Morgan fingerprint density at radius 3 is 1.20 bits per heavy atom. The fourth-order valence-corrected chi connectivity index (χ4v) is 1.86. The van der Waals surface area contributed by atoms with E-state index in [-0.39, 0.29) is 0 Å². The molecule has 0 aliphatic rings. The average molecular weight is 301 g/mol. The minimum Gasteiger partial charge on any atom is -0.0843 e. The molecule has 2 heteroatoms. The van der Waals surface area contributed by atoms with Gasteiger partial charge in [-0.15, -0.1) is 0 Å². The molecule has 0 radical (unpaired) electrons. The third-order valence-electron chi connectivity index (χ3n) is 2.65. The monoisotopic (exact) mass is 300 g/mol. The Hall–Kier alpha value is -1.76. The Kier molecular flexibility index (Phi) is 5.67. The number of benzene rings is 2. The minimum absolute atomic E-state index is 0.753. The van der Waals surface area contributed by atoms with Crippen molar-refractivity contribution >= 4 is 35.4 Å². The summed E-state index contributed by atoms with van der Waals surface area (Å²) < 4.78 is 0. The van der Waals surface area contributed by atoms with Gasteiger partial charge in [0, 0.05) is 10.0 Å². The van der Waals surface area contributed by atoms with Crippen molar-refractivity contribution in [1.29, 1.82) is 0 Å². The topological polar surface area (TPSA) is 0 Å². The van der Waals surface area contributed by atoms with Crippen molar-refractivity contribution in [2.45, 2.75) is 0 Å². The molecule has 2 aromatic rings. The Bertz CT molecular complexity index is 560. The molecule has 0 nitrogen and oxygen atoms in total. The minimum atomic E-state index is 0.753. The van der Waals surface area contributed by atoms with E-state index in [1.54, 1.807) is 0 Å². The molecular weight excluding hydrogens is 287 g/mol. The molecule has 2 rings (SSSR count). The third kappa shape index (κ3) is 5.08. The van der Waals surface area contributed by atoms with Crippen LogP contribution in [0, 0.1) is 0 Å². The van der Waals surface area contributed by atoms with Gasteiger partial charge in [0.15, 0.2) is 0 Å². The molecule has 0 aromatic heterocycles. The molecular formula is C18H14Cl2. The maximum Gasteiger partial charge on any atom is 0.0406 e. The van der Waals surface area contributed by atoms with Gasteiger partial charge in [0.2, 0.25) is 0 Å². The molecule has 0 spiro atoms. The lowest BCUT2D eigenvalue weighted by Gasteiger charge is -1.92. The Balaban J connectivity index is 1.87. The Morgan fingerprint density at radius 2 is 0.850 bits per heavy atom. The maximum atomic E-state index is 5.83. The summed E-state index contributed by atoms with van der Waals surface area (Å²) >= 11 is 11.7. The van der Waals surface area contributed by atoms with Crippen molar-refractivity contribution in [3.63, 3.8) is 0 Å². The van der Waals surface area contributed by atoms with Crippen LogP contribution in [0.25, 0.3) is 12.2 Å². The Morgan fingerprint density at radius 1 is 0.500 bits per heavy atom. The van der Waals surface area contributed by atoms with Crippen LogP contribution in [0.1, 0.15) is 11.1 Å². The van der Waals surface area contributed by atoms with Crippen molar-refractivity contribution < 1.29 is 0 Å². The second kappa shape index (κ2) is 7.74. The highest BCUT2D eigenvalue weighted by Crippen LogP contribution is 2.11. The molecule has 0 saturated carbocycles. The zero-order chi connectivity index (χ0) is 14.2. The molecule has 0 bridgehead atoms. The molecule has 0 aliphatic heterocycles. The molecule has 0 aliphatic carbocycles. The highest BCUT2D eigenvalue weighted by Gasteiger charge is 1.86. The van der Waals surface area contributed by atoms with E-state index in [2.05, 4.69) is 0 Å². The van der Waals surface area contributed by atoms with Gasteiger partial charge < -0.3 is 0 Å². The molecule has 0 N–H and O–H groups in total. The Labute approximate surface area is 129 Å². The van der Waals surface area contributed by atoms with Crippen molar-refractivity contribution in [2.75, 3.05) is 0 Å². The fraction of sp³-hybridized carbons (Fsp3) is 0. The summed E-state index contributed by atoms with van der Waals surface area (Å²) in [6.45, 7) is 0. The number of hydrogen-bond donors (Lipinski definition) is 0. The number of allylic oxidation sites excluding steroid dienone is 4. The van der Waals surface area contributed by atoms with Crippen LogP contribution in [0.4, 0.5) is 0 Å². The lowest BCUT2D eigenvalue weighted by atomic mass is 10.2. The average Bonchev–Trinajstić information content (AvgIpc) is 2.46. The van der Waals surface area contributed by atoms with E-state index in [1.807, 2.05) is 85.0 Å². The molecule has 0 saturated heterocycles. The molecule has 2 aromatic carbocycles. The SMILES string of the molecule is Clc1ccc(\C=C/C=C/C=C/c2ccc(Cl)cc2)cc1. The quantitative estimate of drug-likeness (QED) is 0.583. The third-order valence-corrected chi connectivity index (χ3v) is 3.15. The number of hydrogen-bond acceptors (Lipinski definition) is 0. The van der Waals surface area contributed by atoms with Gasteiger partial charge in [-0.2, -0.15) is 0 Å². The summed E-state index contributed by atoms with van der Waals surface area (Å²) in [7, 11) is 0. The summed E-state index contributed by atoms with van der Waals surface area (Å²) in [6, 6.07) is 15.5. The molecule has 100 valence electrons. The lowest BCUT2D eigenvalue weighted by Crippen LogP contribution is -1.69. The molecule has 0 amide bonds. The van der Waals surface area contributed by atoms with Gasteiger partial charge in [-0.05, 0) is 35.4 Å². The first-order chi connectivity index (χ1) is 9.74. The lowest BCUT2D eigenvalue weighted by molar-refractivity contribution is 1.65. The van der Waals surface area contributed by atoms with Crippen LogP contribution in [-0.2, 0) is 0 Å². The smallest absolute Gasteiger partial charge is 0.0406 e. The van der Waals surface area contributed by atoms with E-state index in [0.717, 1.165) is 21.2 Å². The van der Waals surface area contributed by atoms with E-state index >= 15 is 0 Å². The summed E-state index contributed by atoms with van der Waals surface area (Å²) in [5.74, 6) is 0. The molecule has 20 heavy (non-hydrogen) atoms. The standard InChI is InChI=1S/C18H14Cl2/c19-17-11-7-15(8-12-17)5-3-1-2-4-6-16-9-13-18(20)14-10-16/h1-14H/b2-1+,5-3-,6-4+. The van der Waals surface area contributed by atoms with Gasteiger partial charge in [0.25, 0.3) is 0 Å². The second-order valence-corrected chi connectivity index (χ2v) is 5.08. The van der Waals surface area contributed by atoms with E-state index < -0.39 is 0 Å². The number of halogens is 2. The molecule has 0 atom stereocenters. The van der Waals surface area contributed by atoms with Crippen LogP contribution in [0.3, 0.4) is 0 Å². The zero-order valence-electron chi connectivity index (χ0n) is 10.8. The summed E-state index contributed by atoms with van der Waals surface area (Å²) in [5, 5.41) is 1.51. The number of rotatable bonds is 4. The maximum absolute atomic E-state index is 5.83. The van der Waals surface area contributed by atoms with Crippen molar-refractivity contribution in [1.82, 2.24) is 0 Å². The van der Waals surface area contributed by atoms with Crippen LogP contribution < -0.4 is 0 Å². The summed E-state index contributed by atoms with van der Waals surface area (Å²) in [6.07, 6.45) is 12.0. The van der Waals surface area contributed by atoms with E-state index in [1.165, 1.54) is 0 Å². The first kappa shape index (κ1) is 14.6. The second-order valence-electron chi connectivity index (χ2n) is 4.21. The zero-order valence-corrected chi connectivity index (χ0v) is 12.4. The van der Waals surface area contributed by atoms with Crippen LogP contribution >= 0.6 is 23.2 Å². The van der Waals surface area contributed by atoms with E-state index in [4.69, 9.17) is 23.2 Å². The van der Waals surface area contributed by atoms with Crippen LogP contribution in [-0.4, -0.2) is 0 Å². The first-order valence-electron chi connectivity index (χ1n) is 6.26. The highest BCUT2D eigenvalue weighted by molar-refractivity contribution is 6.30. The van der Waals surface area contributed by atoms with Gasteiger partial charge in [-0.25, -0.2) is 0 Å². The van der Waals surface area contributed by atoms with Crippen molar-refractivity contribution in [2.24, 2.45) is 0 Å². The van der Waals surface area contributed by atoms with E-state index in [0.29, 0.717) is 0 Å². The van der Waals surface area contributed by atoms with Gasteiger partial charge in [0.05, 0.1) is 0 Å². The van der Waals surface area contributed by atoms with Crippen molar-refractivity contribution in [3.05, 3.63) is 94.0 Å². The molecule has 0 fully saturated rings. The van der Waals surface area contributed by atoms with Gasteiger partial charge in [-0.1, -0.05) is 83.9 Å². The predicted octanol–water partition coefficient (Wildman–Crippen LogP) is 6.28. The predicted molar refractivity (Wildman–Crippen MR) is 90.1 cm³/mol. The van der Waals surface area contributed by atoms with Crippen LogP contribution in [0.15, 0.2) is 72.8 Å². The summed E-state index contributed by atoms with van der Waals surface area (Å²) in [5.41, 5.74) is 2.25.